The predicted molar refractivity (Wildman–Crippen MR) is 76.3 cm³/mol. The fourth-order valence-electron chi connectivity index (χ4n) is 2.51. The molecule has 0 radical (unpaired) electrons. The van der Waals surface area contributed by atoms with E-state index in [1.54, 1.807) is 12.1 Å². The Morgan fingerprint density at radius 2 is 2.00 bits per heavy atom. The quantitative estimate of drug-likeness (QED) is 0.847. The van der Waals surface area contributed by atoms with E-state index in [2.05, 4.69) is 5.32 Å². The van der Waals surface area contributed by atoms with E-state index in [1.807, 2.05) is 13.8 Å². The van der Waals surface area contributed by atoms with Crippen LogP contribution in [0.2, 0.25) is 0 Å². The highest BCUT2D eigenvalue weighted by Gasteiger charge is 2.45. The van der Waals surface area contributed by atoms with E-state index in [9.17, 15) is 19.1 Å². The maximum absolute atomic E-state index is 12.9. The number of benzene rings is 1. The Kier molecular flexibility index (Phi) is 4.60. The number of aliphatic carboxylic acids is 1. The van der Waals surface area contributed by atoms with Crippen LogP contribution in [-0.4, -0.2) is 23.0 Å². The molecule has 1 aliphatic rings. The Balaban J connectivity index is 1.96. The molecule has 21 heavy (non-hydrogen) atoms. The number of carbonyl (C=O) groups excluding carboxylic acids is 1. The summed E-state index contributed by atoms with van der Waals surface area (Å²) in [6, 6.07) is 5.26. The van der Waals surface area contributed by atoms with Gasteiger partial charge in [0.25, 0.3) is 0 Å². The summed E-state index contributed by atoms with van der Waals surface area (Å²) >= 11 is 0. The second-order valence-corrected chi connectivity index (χ2v) is 5.71. The zero-order valence-electron chi connectivity index (χ0n) is 12.2. The molecule has 0 bridgehead atoms. The largest absolute Gasteiger partial charge is 0.480 e. The van der Waals surface area contributed by atoms with Gasteiger partial charge in [0.2, 0.25) is 5.91 Å². The maximum Gasteiger partial charge on any atom is 0.326 e. The van der Waals surface area contributed by atoms with Gasteiger partial charge < -0.3 is 10.4 Å². The summed E-state index contributed by atoms with van der Waals surface area (Å²) in [6.45, 7) is 3.70. The molecule has 4 unspecified atom stereocenters. The highest BCUT2D eigenvalue weighted by molar-refractivity contribution is 5.87. The van der Waals surface area contributed by atoms with Crippen molar-refractivity contribution < 1.29 is 19.1 Å². The lowest BCUT2D eigenvalue weighted by atomic mass is 9.99. The van der Waals surface area contributed by atoms with Crippen LogP contribution in [0, 0.1) is 17.7 Å². The first-order chi connectivity index (χ1) is 9.93. The fourth-order valence-corrected chi connectivity index (χ4v) is 2.51. The van der Waals surface area contributed by atoms with Gasteiger partial charge in [-0.05, 0) is 36.0 Å². The van der Waals surface area contributed by atoms with Gasteiger partial charge in [0.05, 0.1) is 0 Å². The van der Waals surface area contributed by atoms with E-state index in [-0.39, 0.29) is 29.5 Å². The topological polar surface area (TPSA) is 66.4 Å². The van der Waals surface area contributed by atoms with Gasteiger partial charge >= 0.3 is 5.97 Å². The smallest absolute Gasteiger partial charge is 0.326 e. The van der Waals surface area contributed by atoms with Gasteiger partial charge in [0, 0.05) is 5.92 Å². The highest BCUT2D eigenvalue weighted by atomic mass is 19.1. The zero-order chi connectivity index (χ0) is 15.6. The number of rotatable bonds is 6. The summed E-state index contributed by atoms with van der Waals surface area (Å²) in [7, 11) is 0. The Bertz CT molecular complexity index is 529. The van der Waals surface area contributed by atoms with Crippen LogP contribution >= 0.6 is 0 Å². The molecule has 1 amide bonds. The summed E-state index contributed by atoms with van der Waals surface area (Å²) in [5.74, 6) is -1.79. The molecule has 2 N–H and O–H groups in total. The number of carbonyl (C=O) groups is 2. The van der Waals surface area contributed by atoms with Gasteiger partial charge in [0.1, 0.15) is 11.9 Å². The molecule has 0 aromatic heterocycles. The van der Waals surface area contributed by atoms with Crippen molar-refractivity contribution in [3.63, 3.8) is 0 Å². The van der Waals surface area contributed by atoms with E-state index in [0.717, 1.165) is 5.56 Å². The molecule has 0 saturated heterocycles. The minimum Gasteiger partial charge on any atom is -0.480 e. The van der Waals surface area contributed by atoms with Crippen LogP contribution < -0.4 is 5.32 Å². The fraction of sp³-hybridized carbons (Fsp3) is 0.500. The molecule has 5 heteroatoms. The number of carboxylic acids is 1. The van der Waals surface area contributed by atoms with Crippen molar-refractivity contribution >= 4 is 11.9 Å². The number of amides is 1. The molecule has 4 atom stereocenters. The van der Waals surface area contributed by atoms with Crippen LogP contribution in [0.4, 0.5) is 4.39 Å². The third-order valence-electron chi connectivity index (χ3n) is 4.20. The molecule has 0 aliphatic heterocycles. The van der Waals surface area contributed by atoms with Gasteiger partial charge in [0.15, 0.2) is 0 Å². The van der Waals surface area contributed by atoms with Crippen molar-refractivity contribution in [2.24, 2.45) is 11.8 Å². The molecule has 0 spiro atoms. The first-order valence-electron chi connectivity index (χ1n) is 7.22. The monoisotopic (exact) mass is 293 g/mol. The lowest BCUT2D eigenvalue weighted by molar-refractivity contribution is -0.143. The highest BCUT2D eigenvalue weighted by Crippen LogP contribution is 2.47. The van der Waals surface area contributed by atoms with Crippen molar-refractivity contribution in [1.29, 1.82) is 0 Å². The van der Waals surface area contributed by atoms with Crippen LogP contribution in [0.3, 0.4) is 0 Å². The maximum atomic E-state index is 12.9. The summed E-state index contributed by atoms with van der Waals surface area (Å²) in [4.78, 5) is 23.4. The lowest BCUT2D eigenvalue weighted by Gasteiger charge is -2.20. The molecular weight excluding hydrogens is 273 g/mol. The predicted octanol–water partition coefficient (Wildman–Crippen LogP) is 2.54. The van der Waals surface area contributed by atoms with Crippen molar-refractivity contribution in [2.45, 2.75) is 38.6 Å². The Morgan fingerprint density at radius 1 is 1.38 bits per heavy atom. The summed E-state index contributed by atoms with van der Waals surface area (Å²) in [5.41, 5.74) is 0.923. The van der Waals surface area contributed by atoms with Crippen LogP contribution in [0.5, 0.6) is 0 Å². The zero-order valence-corrected chi connectivity index (χ0v) is 12.2. The van der Waals surface area contributed by atoms with Crippen molar-refractivity contribution in [3.8, 4) is 0 Å². The SMILES string of the molecule is CCC(C)C(NC(=O)C1CC1c1ccc(F)cc1)C(=O)O. The van der Waals surface area contributed by atoms with Crippen molar-refractivity contribution in [3.05, 3.63) is 35.6 Å². The first kappa shape index (κ1) is 15.5. The third kappa shape index (κ3) is 3.60. The number of hydrogen-bond acceptors (Lipinski definition) is 2. The normalized spacial score (nSPS) is 23.2. The molecule has 1 aromatic rings. The standard InChI is InChI=1S/C16H20FNO3/c1-3-9(2)14(16(20)21)18-15(19)13-8-12(13)10-4-6-11(17)7-5-10/h4-7,9,12-14H,3,8H2,1-2H3,(H,18,19)(H,20,21). The average Bonchev–Trinajstić information content (AvgIpc) is 3.24. The average molecular weight is 293 g/mol. The summed E-state index contributed by atoms with van der Waals surface area (Å²) < 4.78 is 12.9. The van der Waals surface area contributed by atoms with Gasteiger partial charge in [-0.3, -0.25) is 4.79 Å². The van der Waals surface area contributed by atoms with Crippen molar-refractivity contribution in [1.82, 2.24) is 5.32 Å². The third-order valence-corrected chi connectivity index (χ3v) is 4.20. The molecule has 1 aromatic carbocycles. The number of hydrogen-bond donors (Lipinski definition) is 2. The molecule has 2 rings (SSSR count). The van der Waals surface area contributed by atoms with E-state index in [4.69, 9.17) is 0 Å². The Labute approximate surface area is 123 Å². The molecule has 114 valence electrons. The first-order valence-corrected chi connectivity index (χ1v) is 7.22. The molecular formula is C16H20FNO3. The van der Waals surface area contributed by atoms with Gasteiger partial charge in [-0.15, -0.1) is 0 Å². The minimum absolute atomic E-state index is 0.0666. The molecule has 0 heterocycles. The molecule has 1 fully saturated rings. The number of nitrogens with one attached hydrogen (secondary N) is 1. The minimum atomic E-state index is -1.00. The van der Waals surface area contributed by atoms with Crippen molar-refractivity contribution in [2.75, 3.05) is 0 Å². The molecule has 1 aliphatic carbocycles. The Morgan fingerprint density at radius 3 is 2.52 bits per heavy atom. The van der Waals surface area contributed by atoms with Crippen LogP contribution in [-0.2, 0) is 9.59 Å². The molecule has 1 saturated carbocycles. The van der Waals surface area contributed by atoms with E-state index in [1.165, 1.54) is 12.1 Å². The van der Waals surface area contributed by atoms with E-state index < -0.39 is 12.0 Å². The summed E-state index contributed by atoms with van der Waals surface area (Å²) in [5, 5.41) is 11.8. The second-order valence-electron chi connectivity index (χ2n) is 5.71. The van der Waals surface area contributed by atoms with E-state index in [0.29, 0.717) is 12.8 Å². The van der Waals surface area contributed by atoms with Crippen LogP contribution in [0.15, 0.2) is 24.3 Å². The van der Waals surface area contributed by atoms with E-state index >= 15 is 0 Å². The second kappa shape index (κ2) is 6.24. The van der Waals surface area contributed by atoms with Gasteiger partial charge in [-0.1, -0.05) is 32.4 Å². The van der Waals surface area contributed by atoms with Crippen LogP contribution in [0.1, 0.15) is 38.2 Å². The van der Waals surface area contributed by atoms with Gasteiger partial charge in [-0.2, -0.15) is 0 Å². The lowest BCUT2D eigenvalue weighted by Crippen LogP contribution is -2.45. The van der Waals surface area contributed by atoms with Gasteiger partial charge in [-0.25, -0.2) is 9.18 Å². The molecule has 4 nitrogen and oxygen atoms in total. The Hall–Kier alpha value is -1.91. The number of halogens is 1. The van der Waals surface area contributed by atoms with Crippen LogP contribution in [0.25, 0.3) is 0 Å². The number of carboxylic acid groups (broad SMARTS) is 1. The summed E-state index contributed by atoms with van der Waals surface area (Å²) in [6.07, 6.45) is 1.37.